The van der Waals surface area contributed by atoms with Crippen LogP contribution in [0.4, 0.5) is 0 Å². The Kier molecular flexibility index (Phi) is 10.0. The van der Waals surface area contributed by atoms with E-state index in [2.05, 4.69) is 5.32 Å². The van der Waals surface area contributed by atoms with Gasteiger partial charge in [0.1, 0.15) is 0 Å². The van der Waals surface area contributed by atoms with Gasteiger partial charge in [0.05, 0.1) is 0 Å². The molecule has 0 saturated carbocycles. The Labute approximate surface area is 86.4 Å². The average molecular weight is 201 g/mol. The molecule has 0 unspecified atom stereocenters. The Bertz CT molecular complexity index is 139. The molecule has 0 aromatic heterocycles. The van der Waals surface area contributed by atoms with Gasteiger partial charge in [-0.3, -0.25) is 4.79 Å². The highest BCUT2D eigenvalue weighted by molar-refractivity contribution is 5.75. The molecule has 0 heterocycles. The lowest BCUT2D eigenvalue weighted by Crippen LogP contribution is -2.24. The molecular formula is C10H23N3O. The van der Waals surface area contributed by atoms with Crippen LogP contribution in [0.15, 0.2) is 0 Å². The Morgan fingerprint density at radius 2 is 1.57 bits per heavy atom. The first-order chi connectivity index (χ1) is 6.81. The summed E-state index contributed by atoms with van der Waals surface area (Å²) in [5, 5.41) is 2.87. The largest absolute Gasteiger partial charge is 0.356 e. The predicted molar refractivity (Wildman–Crippen MR) is 58.8 cm³/mol. The molecule has 0 bridgehead atoms. The summed E-state index contributed by atoms with van der Waals surface area (Å²) >= 11 is 0. The van der Waals surface area contributed by atoms with Crippen molar-refractivity contribution >= 4 is 5.91 Å². The molecule has 0 aliphatic rings. The molecule has 84 valence electrons. The zero-order chi connectivity index (χ0) is 10.6. The number of rotatable bonds is 9. The van der Waals surface area contributed by atoms with E-state index >= 15 is 0 Å². The van der Waals surface area contributed by atoms with E-state index in [1.54, 1.807) is 0 Å². The summed E-state index contributed by atoms with van der Waals surface area (Å²) in [7, 11) is 0. The topological polar surface area (TPSA) is 81.1 Å². The molecule has 0 aliphatic carbocycles. The molecule has 4 nitrogen and oxygen atoms in total. The van der Waals surface area contributed by atoms with Gasteiger partial charge in [0, 0.05) is 13.0 Å². The maximum Gasteiger partial charge on any atom is 0.220 e. The van der Waals surface area contributed by atoms with Crippen molar-refractivity contribution in [2.24, 2.45) is 11.5 Å². The maximum absolute atomic E-state index is 11.1. The van der Waals surface area contributed by atoms with Crippen LogP contribution in [-0.4, -0.2) is 25.5 Å². The Morgan fingerprint density at radius 3 is 2.21 bits per heavy atom. The lowest BCUT2D eigenvalue weighted by molar-refractivity contribution is -0.121. The Hall–Kier alpha value is -0.610. The fraction of sp³-hybridized carbons (Fsp3) is 0.900. The summed E-state index contributed by atoms with van der Waals surface area (Å²) in [6, 6.07) is 0. The van der Waals surface area contributed by atoms with Crippen molar-refractivity contribution in [3.63, 3.8) is 0 Å². The van der Waals surface area contributed by atoms with E-state index in [4.69, 9.17) is 11.5 Å². The smallest absolute Gasteiger partial charge is 0.220 e. The van der Waals surface area contributed by atoms with Crippen LogP contribution in [0.2, 0.25) is 0 Å². The van der Waals surface area contributed by atoms with E-state index in [1.165, 1.54) is 0 Å². The summed E-state index contributed by atoms with van der Waals surface area (Å²) in [6.45, 7) is 2.14. The van der Waals surface area contributed by atoms with Gasteiger partial charge in [0.2, 0.25) is 5.91 Å². The van der Waals surface area contributed by atoms with E-state index in [-0.39, 0.29) is 5.91 Å². The molecule has 0 radical (unpaired) electrons. The highest BCUT2D eigenvalue weighted by Crippen LogP contribution is 1.97. The van der Waals surface area contributed by atoms with Crippen molar-refractivity contribution in [3.05, 3.63) is 0 Å². The Balaban J connectivity index is 3.07. The number of carbonyl (C=O) groups is 1. The number of unbranched alkanes of at least 4 members (excludes halogenated alkanes) is 3. The maximum atomic E-state index is 11.1. The third kappa shape index (κ3) is 9.48. The summed E-state index contributed by atoms with van der Waals surface area (Å²) in [5.41, 5.74) is 10.7. The third-order valence-electron chi connectivity index (χ3n) is 2.06. The van der Waals surface area contributed by atoms with Gasteiger partial charge in [-0.1, -0.05) is 12.8 Å². The standard InChI is InChI=1S/C10H23N3O/c11-7-3-1-2-4-9-13-10(14)6-5-8-12/h1-9,11-12H2,(H,13,14). The number of nitrogens with one attached hydrogen (secondary N) is 1. The molecule has 14 heavy (non-hydrogen) atoms. The number of nitrogens with two attached hydrogens (primary N) is 2. The fourth-order valence-electron chi connectivity index (χ4n) is 1.20. The van der Waals surface area contributed by atoms with Crippen LogP contribution >= 0.6 is 0 Å². The van der Waals surface area contributed by atoms with Crippen molar-refractivity contribution < 1.29 is 4.79 Å². The van der Waals surface area contributed by atoms with Crippen molar-refractivity contribution in [1.82, 2.24) is 5.32 Å². The molecule has 4 heteroatoms. The third-order valence-corrected chi connectivity index (χ3v) is 2.06. The van der Waals surface area contributed by atoms with Crippen molar-refractivity contribution in [2.45, 2.75) is 38.5 Å². The van der Waals surface area contributed by atoms with Crippen molar-refractivity contribution in [3.8, 4) is 0 Å². The number of hydrogen-bond acceptors (Lipinski definition) is 3. The molecule has 0 aromatic rings. The summed E-state index contributed by atoms with van der Waals surface area (Å²) in [5.74, 6) is 0.120. The summed E-state index contributed by atoms with van der Waals surface area (Å²) in [4.78, 5) is 11.1. The van der Waals surface area contributed by atoms with E-state index in [9.17, 15) is 4.79 Å². The average Bonchev–Trinajstić information content (AvgIpc) is 2.20. The summed E-state index contributed by atoms with van der Waals surface area (Å²) < 4.78 is 0. The van der Waals surface area contributed by atoms with Gasteiger partial charge in [-0.25, -0.2) is 0 Å². The van der Waals surface area contributed by atoms with Gasteiger partial charge in [-0.15, -0.1) is 0 Å². The SMILES string of the molecule is NCCCCCCNC(=O)CCCN. The number of hydrogen-bond donors (Lipinski definition) is 3. The molecule has 0 fully saturated rings. The first-order valence-corrected chi connectivity index (χ1v) is 5.48. The summed E-state index contributed by atoms with van der Waals surface area (Å²) in [6.07, 6.45) is 5.78. The molecule has 1 amide bonds. The van der Waals surface area contributed by atoms with Crippen LogP contribution in [0, 0.1) is 0 Å². The van der Waals surface area contributed by atoms with Crippen LogP contribution in [0.5, 0.6) is 0 Å². The van der Waals surface area contributed by atoms with Gasteiger partial charge in [-0.05, 0) is 32.4 Å². The second-order valence-electron chi connectivity index (χ2n) is 3.45. The molecule has 0 aromatic carbocycles. The minimum atomic E-state index is 0.120. The molecule has 0 rings (SSSR count). The monoisotopic (exact) mass is 201 g/mol. The van der Waals surface area contributed by atoms with Crippen molar-refractivity contribution in [2.75, 3.05) is 19.6 Å². The van der Waals surface area contributed by atoms with Crippen LogP contribution in [-0.2, 0) is 4.79 Å². The van der Waals surface area contributed by atoms with E-state index in [0.717, 1.165) is 45.2 Å². The lowest BCUT2D eigenvalue weighted by Gasteiger charge is -2.04. The zero-order valence-corrected chi connectivity index (χ0v) is 8.93. The van der Waals surface area contributed by atoms with Gasteiger partial charge in [-0.2, -0.15) is 0 Å². The Morgan fingerprint density at radius 1 is 0.929 bits per heavy atom. The minimum absolute atomic E-state index is 0.120. The van der Waals surface area contributed by atoms with Gasteiger partial charge >= 0.3 is 0 Å². The van der Waals surface area contributed by atoms with Crippen LogP contribution < -0.4 is 16.8 Å². The number of amides is 1. The second-order valence-corrected chi connectivity index (χ2v) is 3.45. The molecule has 0 spiro atoms. The molecule has 5 N–H and O–H groups in total. The normalized spacial score (nSPS) is 10.1. The number of carbonyl (C=O) groups excluding carboxylic acids is 1. The van der Waals surface area contributed by atoms with Crippen LogP contribution in [0.25, 0.3) is 0 Å². The predicted octanol–water partition coefficient (Wildman–Crippen LogP) is 0.361. The fourth-order valence-corrected chi connectivity index (χ4v) is 1.20. The first kappa shape index (κ1) is 13.4. The van der Waals surface area contributed by atoms with E-state index in [1.807, 2.05) is 0 Å². The van der Waals surface area contributed by atoms with Crippen LogP contribution in [0.1, 0.15) is 38.5 Å². The van der Waals surface area contributed by atoms with Crippen LogP contribution in [0.3, 0.4) is 0 Å². The van der Waals surface area contributed by atoms with E-state index in [0.29, 0.717) is 13.0 Å². The first-order valence-electron chi connectivity index (χ1n) is 5.48. The van der Waals surface area contributed by atoms with Gasteiger partial charge < -0.3 is 16.8 Å². The zero-order valence-electron chi connectivity index (χ0n) is 8.93. The minimum Gasteiger partial charge on any atom is -0.356 e. The lowest BCUT2D eigenvalue weighted by atomic mass is 10.2. The second kappa shape index (κ2) is 10.5. The molecule has 0 saturated heterocycles. The highest BCUT2D eigenvalue weighted by Gasteiger charge is 1.98. The molecular weight excluding hydrogens is 178 g/mol. The van der Waals surface area contributed by atoms with Crippen molar-refractivity contribution in [1.29, 1.82) is 0 Å². The van der Waals surface area contributed by atoms with Gasteiger partial charge in [0.15, 0.2) is 0 Å². The quantitative estimate of drug-likeness (QED) is 0.471. The van der Waals surface area contributed by atoms with E-state index < -0.39 is 0 Å². The molecule has 0 atom stereocenters. The van der Waals surface area contributed by atoms with Gasteiger partial charge in [0.25, 0.3) is 0 Å². The highest BCUT2D eigenvalue weighted by atomic mass is 16.1. The molecule has 0 aliphatic heterocycles.